The van der Waals surface area contributed by atoms with Gasteiger partial charge in [-0.3, -0.25) is 0 Å². The minimum Gasteiger partial charge on any atom is -0.308 e. The molecule has 0 saturated heterocycles. The highest BCUT2D eigenvalue weighted by Gasteiger charge is 2.27. The van der Waals surface area contributed by atoms with Crippen LogP contribution in [-0.4, -0.2) is 10.6 Å². The molecule has 1 N–H and O–H groups in total. The number of halogens is 1. The predicted octanol–water partition coefficient (Wildman–Crippen LogP) is 4.02. The van der Waals surface area contributed by atoms with E-state index in [0.29, 0.717) is 5.71 Å². The first-order valence-corrected chi connectivity index (χ1v) is 5.22. The van der Waals surface area contributed by atoms with Crippen LogP contribution < -0.4 is 0 Å². The molecule has 2 heteroatoms. The van der Waals surface area contributed by atoms with Crippen molar-refractivity contribution in [1.82, 2.24) is 0 Å². The highest BCUT2D eigenvalue weighted by molar-refractivity contribution is 6.35. The van der Waals surface area contributed by atoms with Crippen molar-refractivity contribution in [2.45, 2.75) is 44.9 Å². The molecule has 0 saturated carbocycles. The van der Waals surface area contributed by atoms with Gasteiger partial charge in [0.05, 0.1) is 4.87 Å². The zero-order chi connectivity index (χ0) is 10.5. The molecule has 13 heavy (non-hydrogen) atoms. The summed E-state index contributed by atoms with van der Waals surface area (Å²) in [4.78, 5) is -0.458. The maximum Gasteiger partial charge on any atom is 0.0791 e. The molecule has 2 atom stereocenters. The number of hydrogen-bond acceptors (Lipinski definition) is 1. The molecule has 0 fully saturated rings. The van der Waals surface area contributed by atoms with E-state index in [1.54, 1.807) is 0 Å². The van der Waals surface area contributed by atoms with E-state index < -0.39 is 4.87 Å². The summed E-state index contributed by atoms with van der Waals surface area (Å²) in [5.41, 5.74) is 0.651. The van der Waals surface area contributed by atoms with Crippen LogP contribution in [0.5, 0.6) is 0 Å². The van der Waals surface area contributed by atoms with Crippen molar-refractivity contribution in [2.24, 2.45) is 5.92 Å². The molecular formula is C11H20ClN. The fraction of sp³-hybridized carbons (Fsp3) is 0.727. The van der Waals surface area contributed by atoms with E-state index in [4.69, 9.17) is 17.0 Å². The molecule has 0 radical (unpaired) electrons. The van der Waals surface area contributed by atoms with Gasteiger partial charge in [0.15, 0.2) is 0 Å². The van der Waals surface area contributed by atoms with Gasteiger partial charge in [-0.1, -0.05) is 19.9 Å². The third-order valence-corrected chi connectivity index (χ3v) is 2.99. The largest absolute Gasteiger partial charge is 0.308 e. The van der Waals surface area contributed by atoms with Crippen LogP contribution in [-0.2, 0) is 0 Å². The molecule has 0 aromatic carbocycles. The maximum atomic E-state index is 7.91. The molecule has 0 heterocycles. The van der Waals surface area contributed by atoms with E-state index in [2.05, 4.69) is 13.5 Å². The molecule has 0 aromatic heterocycles. The molecule has 0 amide bonds. The molecular weight excluding hydrogens is 182 g/mol. The van der Waals surface area contributed by atoms with Crippen molar-refractivity contribution in [3.05, 3.63) is 12.7 Å². The van der Waals surface area contributed by atoms with Crippen LogP contribution >= 0.6 is 11.6 Å². The zero-order valence-electron chi connectivity index (χ0n) is 8.86. The van der Waals surface area contributed by atoms with Crippen LogP contribution in [0.2, 0.25) is 0 Å². The van der Waals surface area contributed by atoms with Crippen LogP contribution in [0.25, 0.3) is 0 Å². The van der Waals surface area contributed by atoms with Crippen molar-refractivity contribution in [2.75, 3.05) is 0 Å². The van der Waals surface area contributed by atoms with Crippen LogP contribution in [0.3, 0.4) is 0 Å². The zero-order valence-corrected chi connectivity index (χ0v) is 9.62. The number of alkyl halides is 1. The van der Waals surface area contributed by atoms with E-state index in [-0.39, 0.29) is 5.92 Å². The monoisotopic (exact) mass is 201 g/mol. The third kappa shape index (κ3) is 3.95. The lowest BCUT2D eigenvalue weighted by Gasteiger charge is -2.25. The summed E-state index contributed by atoms with van der Waals surface area (Å²) in [7, 11) is 0. The Kier molecular flexibility index (Phi) is 5.31. The minimum atomic E-state index is -0.458. The average molecular weight is 202 g/mol. The average Bonchev–Trinajstić information content (AvgIpc) is 2.12. The Morgan fingerprint density at radius 2 is 2.23 bits per heavy atom. The van der Waals surface area contributed by atoms with E-state index in [1.165, 1.54) is 0 Å². The lowest BCUT2D eigenvalue weighted by Crippen LogP contribution is -2.32. The van der Waals surface area contributed by atoms with Gasteiger partial charge in [-0.05, 0) is 32.1 Å². The number of allylic oxidation sites excluding steroid dienone is 1. The van der Waals surface area contributed by atoms with Crippen molar-refractivity contribution in [3.8, 4) is 0 Å². The Balaban J connectivity index is 4.16. The molecule has 1 nitrogen and oxygen atoms in total. The molecule has 0 aliphatic carbocycles. The van der Waals surface area contributed by atoms with Gasteiger partial charge >= 0.3 is 0 Å². The van der Waals surface area contributed by atoms with Crippen LogP contribution in [0.4, 0.5) is 0 Å². The number of hydrogen-bond donors (Lipinski definition) is 1. The van der Waals surface area contributed by atoms with Gasteiger partial charge in [0.1, 0.15) is 0 Å². The summed E-state index contributed by atoms with van der Waals surface area (Å²) in [5.74, 6) is 0.264. The molecule has 2 unspecified atom stereocenters. The van der Waals surface area contributed by atoms with Gasteiger partial charge in [-0.25, -0.2) is 0 Å². The van der Waals surface area contributed by atoms with Gasteiger partial charge in [0.25, 0.3) is 0 Å². The lowest BCUT2D eigenvalue weighted by atomic mass is 9.89. The summed E-state index contributed by atoms with van der Waals surface area (Å²) < 4.78 is 0. The Morgan fingerprint density at radius 1 is 1.69 bits per heavy atom. The standard InChI is InChI=1S/C11H20ClN/c1-5-7-8-9(3)10(13)11(4,12)6-2/h5,9,13H,1,6-8H2,2-4H3. The van der Waals surface area contributed by atoms with Crippen LogP contribution in [0.15, 0.2) is 12.7 Å². The van der Waals surface area contributed by atoms with E-state index in [1.807, 2.05) is 19.9 Å². The molecule has 76 valence electrons. The highest BCUT2D eigenvalue weighted by atomic mass is 35.5. The molecule has 0 aromatic rings. The predicted molar refractivity (Wildman–Crippen MR) is 60.9 cm³/mol. The topological polar surface area (TPSA) is 23.9 Å². The SMILES string of the molecule is C=CCCC(C)C(=N)C(C)(Cl)CC. The van der Waals surface area contributed by atoms with Crippen LogP contribution in [0.1, 0.15) is 40.0 Å². The summed E-state index contributed by atoms with van der Waals surface area (Å²) in [6.45, 7) is 9.66. The first-order valence-electron chi connectivity index (χ1n) is 4.84. The van der Waals surface area contributed by atoms with E-state index in [9.17, 15) is 0 Å². The minimum absolute atomic E-state index is 0.264. The Labute approximate surface area is 86.7 Å². The number of rotatable bonds is 6. The third-order valence-electron chi connectivity index (χ3n) is 2.52. The van der Waals surface area contributed by atoms with Crippen molar-refractivity contribution >= 4 is 17.3 Å². The Bertz CT molecular complexity index is 185. The van der Waals surface area contributed by atoms with Crippen molar-refractivity contribution in [1.29, 1.82) is 5.41 Å². The highest BCUT2D eigenvalue weighted by Crippen LogP contribution is 2.26. The van der Waals surface area contributed by atoms with Gasteiger partial charge in [0, 0.05) is 5.71 Å². The van der Waals surface area contributed by atoms with Gasteiger partial charge in [-0.2, -0.15) is 0 Å². The maximum absolute atomic E-state index is 7.91. The second-order valence-corrected chi connectivity index (χ2v) is 4.57. The van der Waals surface area contributed by atoms with Gasteiger partial charge in [0.2, 0.25) is 0 Å². The summed E-state index contributed by atoms with van der Waals surface area (Å²) in [6.07, 6.45) is 4.64. The van der Waals surface area contributed by atoms with E-state index in [0.717, 1.165) is 19.3 Å². The molecule has 0 bridgehead atoms. The normalized spacial score (nSPS) is 17.5. The quantitative estimate of drug-likeness (QED) is 0.382. The molecule has 0 aliphatic heterocycles. The Hall–Kier alpha value is -0.300. The van der Waals surface area contributed by atoms with Crippen molar-refractivity contribution in [3.63, 3.8) is 0 Å². The first kappa shape index (κ1) is 12.7. The second kappa shape index (κ2) is 5.43. The second-order valence-electron chi connectivity index (χ2n) is 3.73. The molecule has 0 aliphatic rings. The van der Waals surface area contributed by atoms with E-state index >= 15 is 0 Å². The summed E-state index contributed by atoms with van der Waals surface area (Å²) in [6, 6.07) is 0. The summed E-state index contributed by atoms with van der Waals surface area (Å²) >= 11 is 6.19. The van der Waals surface area contributed by atoms with Gasteiger partial charge < -0.3 is 5.41 Å². The number of nitrogens with one attached hydrogen (secondary N) is 1. The molecule has 0 spiro atoms. The lowest BCUT2D eigenvalue weighted by molar-refractivity contribution is 0.635. The van der Waals surface area contributed by atoms with Gasteiger partial charge in [-0.15, -0.1) is 18.2 Å². The van der Waals surface area contributed by atoms with Crippen molar-refractivity contribution < 1.29 is 0 Å². The Morgan fingerprint density at radius 3 is 2.62 bits per heavy atom. The smallest absolute Gasteiger partial charge is 0.0791 e. The fourth-order valence-corrected chi connectivity index (χ4v) is 1.40. The first-order chi connectivity index (χ1) is 5.95. The van der Waals surface area contributed by atoms with Crippen LogP contribution in [0, 0.1) is 11.3 Å². The molecule has 0 rings (SSSR count). The fourth-order valence-electron chi connectivity index (χ4n) is 1.22. The summed E-state index contributed by atoms with van der Waals surface area (Å²) in [5, 5.41) is 7.91.